The Labute approximate surface area is 127 Å². The molecule has 21 heavy (non-hydrogen) atoms. The highest BCUT2D eigenvalue weighted by molar-refractivity contribution is 7.89. The maximum Gasteiger partial charge on any atom is 0.240 e. The van der Waals surface area contributed by atoms with Gasteiger partial charge in [-0.1, -0.05) is 12.1 Å². The monoisotopic (exact) mass is 325 g/mol. The van der Waals surface area contributed by atoms with Crippen molar-refractivity contribution in [2.45, 2.75) is 18.2 Å². The number of Topliss-reactive ketones (excluding diaryl/α,β-unsaturated/α-hetero) is 1. The summed E-state index contributed by atoms with van der Waals surface area (Å²) in [6.45, 7) is 1.61. The minimum absolute atomic E-state index is 0.0768. The molecular weight excluding hydrogens is 310 g/mol. The first-order valence-electron chi connectivity index (χ1n) is 6.19. The van der Waals surface area contributed by atoms with E-state index >= 15 is 0 Å². The van der Waals surface area contributed by atoms with E-state index in [4.69, 9.17) is 5.73 Å². The number of carbonyl (C=O) groups excluding carboxylic acids is 1. The van der Waals surface area contributed by atoms with Crippen LogP contribution in [0, 0.1) is 0 Å². The Hall–Kier alpha value is -1.77. The normalized spacial score (nSPS) is 11.5. The lowest BCUT2D eigenvalue weighted by Crippen LogP contribution is -2.26. The van der Waals surface area contributed by atoms with Crippen LogP contribution >= 0.6 is 11.3 Å². The average Bonchev–Trinajstić information content (AvgIpc) is 2.84. The molecule has 2 aromatic rings. The van der Waals surface area contributed by atoms with Gasteiger partial charge in [-0.05, 0) is 19.1 Å². The van der Waals surface area contributed by atoms with Crippen molar-refractivity contribution in [2.75, 3.05) is 12.3 Å². The van der Waals surface area contributed by atoms with Crippen LogP contribution in [-0.2, 0) is 16.4 Å². The van der Waals surface area contributed by atoms with Gasteiger partial charge >= 0.3 is 0 Å². The molecule has 0 bridgehead atoms. The molecule has 0 unspecified atom stereocenters. The number of nitrogens with one attached hydrogen (secondary N) is 1. The summed E-state index contributed by atoms with van der Waals surface area (Å²) in [5.74, 6) is -0.176. The topological polar surface area (TPSA) is 102 Å². The van der Waals surface area contributed by atoms with Crippen molar-refractivity contribution in [3.05, 3.63) is 40.9 Å². The number of anilines is 1. The van der Waals surface area contributed by atoms with Gasteiger partial charge in [0.2, 0.25) is 10.0 Å². The maximum atomic E-state index is 12.1. The van der Waals surface area contributed by atoms with E-state index < -0.39 is 10.0 Å². The van der Waals surface area contributed by atoms with E-state index in [-0.39, 0.29) is 17.2 Å². The van der Waals surface area contributed by atoms with Crippen LogP contribution in [-0.4, -0.2) is 25.7 Å². The van der Waals surface area contributed by atoms with Gasteiger partial charge < -0.3 is 5.73 Å². The van der Waals surface area contributed by atoms with Gasteiger partial charge in [0.05, 0.1) is 10.6 Å². The van der Waals surface area contributed by atoms with E-state index in [0.717, 1.165) is 5.69 Å². The largest absolute Gasteiger partial charge is 0.375 e. The van der Waals surface area contributed by atoms with Crippen LogP contribution in [0.25, 0.3) is 0 Å². The molecule has 2 rings (SSSR count). The Morgan fingerprint density at radius 3 is 2.81 bits per heavy atom. The molecule has 0 fully saturated rings. The molecule has 0 amide bonds. The number of nitrogens with zero attached hydrogens (tertiary/aromatic N) is 1. The van der Waals surface area contributed by atoms with Gasteiger partial charge in [0.1, 0.15) is 0 Å². The molecule has 1 heterocycles. The molecule has 112 valence electrons. The van der Waals surface area contributed by atoms with Crippen molar-refractivity contribution in [1.82, 2.24) is 9.71 Å². The van der Waals surface area contributed by atoms with Gasteiger partial charge in [0.25, 0.3) is 0 Å². The predicted molar refractivity (Wildman–Crippen MR) is 81.9 cm³/mol. The quantitative estimate of drug-likeness (QED) is 0.783. The van der Waals surface area contributed by atoms with E-state index in [1.54, 1.807) is 17.5 Å². The van der Waals surface area contributed by atoms with E-state index in [9.17, 15) is 13.2 Å². The maximum absolute atomic E-state index is 12.1. The molecule has 1 aromatic heterocycles. The lowest BCUT2D eigenvalue weighted by Gasteiger charge is -2.07. The number of hydrogen-bond donors (Lipinski definition) is 2. The molecule has 0 aliphatic carbocycles. The Kier molecular flexibility index (Phi) is 4.71. The highest BCUT2D eigenvalue weighted by atomic mass is 32.2. The van der Waals surface area contributed by atoms with E-state index in [2.05, 4.69) is 9.71 Å². The fourth-order valence-electron chi connectivity index (χ4n) is 1.72. The lowest BCUT2D eigenvalue weighted by atomic mass is 10.2. The highest BCUT2D eigenvalue weighted by Gasteiger charge is 2.15. The number of hydrogen-bond acceptors (Lipinski definition) is 6. The van der Waals surface area contributed by atoms with Crippen molar-refractivity contribution in [1.29, 1.82) is 0 Å². The molecule has 3 N–H and O–H groups in total. The number of nitrogens with two attached hydrogens (primary N) is 1. The molecule has 0 spiro atoms. The number of sulfonamides is 1. The summed E-state index contributed by atoms with van der Waals surface area (Å²) in [4.78, 5) is 15.4. The van der Waals surface area contributed by atoms with Crippen LogP contribution in [0.1, 0.15) is 23.0 Å². The zero-order valence-electron chi connectivity index (χ0n) is 11.4. The molecule has 0 aliphatic heterocycles. The summed E-state index contributed by atoms with van der Waals surface area (Å²) >= 11 is 1.32. The SMILES string of the molecule is CC(=O)c1cccc(S(=O)(=O)NCCc2csc(N)n2)c1. The summed E-state index contributed by atoms with van der Waals surface area (Å²) in [6.07, 6.45) is 0.458. The molecule has 0 atom stereocenters. The minimum atomic E-state index is -3.64. The number of carbonyl (C=O) groups is 1. The summed E-state index contributed by atoms with van der Waals surface area (Å²) in [6, 6.07) is 5.95. The molecule has 6 nitrogen and oxygen atoms in total. The Morgan fingerprint density at radius 2 is 2.19 bits per heavy atom. The van der Waals surface area contributed by atoms with Crippen LogP contribution < -0.4 is 10.5 Å². The van der Waals surface area contributed by atoms with Crippen LogP contribution in [0.3, 0.4) is 0 Å². The summed E-state index contributed by atoms with van der Waals surface area (Å²) < 4.78 is 26.8. The zero-order chi connectivity index (χ0) is 15.5. The van der Waals surface area contributed by atoms with Gasteiger partial charge in [0, 0.05) is 23.9 Å². The second kappa shape index (κ2) is 6.33. The van der Waals surface area contributed by atoms with Crippen LogP contribution in [0.2, 0.25) is 0 Å². The van der Waals surface area contributed by atoms with Gasteiger partial charge in [-0.15, -0.1) is 11.3 Å². The molecular formula is C13H15N3O3S2. The van der Waals surface area contributed by atoms with Crippen LogP contribution in [0.5, 0.6) is 0 Å². The van der Waals surface area contributed by atoms with Gasteiger partial charge in [0.15, 0.2) is 10.9 Å². The number of rotatable bonds is 6. The standard InChI is InChI=1S/C13H15N3O3S2/c1-9(17)10-3-2-4-12(7-10)21(18,19)15-6-5-11-8-20-13(14)16-11/h2-4,7-8,15H,5-6H2,1H3,(H2,14,16). The van der Waals surface area contributed by atoms with Gasteiger partial charge in [-0.2, -0.15) is 0 Å². The van der Waals surface area contributed by atoms with E-state index in [0.29, 0.717) is 17.1 Å². The molecule has 1 aromatic carbocycles. The van der Waals surface area contributed by atoms with Gasteiger partial charge in [-0.3, -0.25) is 4.79 Å². The number of aromatic nitrogens is 1. The molecule has 0 aliphatic rings. The number of thiazole rings is 1. The Bertz CT molecular complexity index is 754. The highest BCUT2D eigenvalue weighted by Crippen LogP contribution is 2.13. The van der Waals surface area contributed by atoms with Crippen LogP contribution in [0.15, 0.2) is 34.5 Å². The van der Waals surface area contributed by atoms with E-state index in [1.807, 2.05) is 0 Å². The second-order valence-electron chi connectivity index (χ2n) is 4.41. The fourth-order valence-corrected chi connectivity index (χ4v) is 3.39. The molecule has 0 saturated heterocycles. The minimum Gasteiger partial charge on any atom is -0.375 e. The Morgan fingerprint density at radius 1 is 1.43 bits per heavy atom. The third kappa shape index (κ3) is 4.10. The number of benzene rings is 1. The van der Waals surface area contributed by atoms with Crippen molar-refractivity contribution < 1.29 is 13.2 Å². The third-order valence-corrected chi connectivity index (χ3v) is 4.98. The van der Waals surface area contributed by atoms with Crippen molar-refractivity contribution in [3.8, 4) is 0 Å². The van der Waals surface area contributed by atoms with Crippen molar-refractivity contribution in [3.63, 3.8) is 0 Å². The first-order chi connectivity index (χ1) is 9.88. The van der Waals surface area contributed by atoms with Crippen molar-refractivity contribution in [2.24, 2.45) is 0 Å². The van der Waals surface area contributed by atoms with Crippen LogP contribution in [0.4, 0.5) is 5.13 Å². The van der Waals surface area contributed by atoms with Crippen molar-refractivity contribution >= 4 is 32.3 Å². The summed E-state index contributed by atoms with van der Waals surface area (Å²) in [5.41, 5.74) is 6.62. The molecule has 0 saturated carbocycles. The van der Waals surface area contributed by atoms with E-state index in [1.165, 1.54) is 30.4 Å². The third-order valence-electron chi connectivity index (χ3n) is 2.79. The number of ketones is 1. The zero-order valence-corrected chi connectivity index (χ0v) is 13.0. The average molecular weight is 325 g/mol. The molecule has 0 radical (unpaired) electrons. The smallest absolute Gasteiger partial charge is 0.240 e. The molecule has 8 heteroatoms. The first kappa shape index (κ1) is 15.6. The summed E-state index contributed by atoms with van der Waals surface area (Å²) in [7, 11) is -3.64. The fraction of sp³-hybridized carbons (Fsp3) is 0.231. The second-order valence-corrected chi connectivity index (χ2v) is 7.07. The predicted octanol–water partition coefficient (Wildman–Crippen LogP) is 1.45. The number of nitrogen functional groups attached to an aromatic ring is 1. The van der Waals surface area contributed by atoms with Gasteiger partial charge in [-0.25, -0.2) is 18.1 Å². The Balaban J connectivity index is 2.04. The lowest BCUT2D eigenvalue weighted by molar-refractivity contribution is 0.101. The first-order valence-corrected chi connectivity index (χ1v) is 8.55. The summed E-state index contributed by atoms with van der Waals surface area (Å²) in [5, 5.41) is 2.25.